The van der Waals surface area contributed by atoms with Gasteiger partial charge in [0.2, 0.25) is 0 Å². The van der Waals surface area contributed by atoms with Gasteiger partial charge in [0.25, 0.3) is 0 Å². The largest absolute Gasteiger partial charge is 0.390 e. The summed E-state index contributed by atoms with van der Waals surface area (Å²) in [5.74, 6) is 0. The van der Waals surface area contributed by atoms with Crippen molar-refractivity contribution in [1.29, 1.82) is 0 Å². The number of hydrogen-bond acceptors (Lipinski definition) is 1. The lowest BCUT2D eigenvalue weighted by Crippen LogP contribution is -2.05. The van der Waals surface area contributed by atoms with Gasteiger partial charge in [-0.1, -0.05) is 13.8 Å². The maximum Gasteiger partial charge on any atom is 0.0832 e. The molecule has 0 saturated heterocycles. The van der Waals surface area contributed by atoms with Crippen molar-refractivity contribution in [2.75, 3.05) is 0 Å². The molecule has 0 radical (unpaired) electrons. The van der Waals surface area contributed by atoms with Crippen molar-refractivity contribution >= 4 is 0 Å². The van der Waals surface area contributed by atoms with Crippen LogP contribution in [0.3, 0.4) is 0 Å². The molecule has 0 saturated carbocycles. The standard InChI is InChI=1S/C10H17NO/c1-3-7-11-9(4-2)5-6-10(11)8-12/h5-6,12H,3-4,7-8H2,1-2H3. The van der Waals surface area contributed by atoms with Crippen LogP contribution in [0.4, 0.5) is 0 Å². The van der Waals surface area contributed by atoms with E-state index in [2.05, 4.69) is 24.5 Å². The molecule has 2 heteroatoms. The van der Waals surface area contributed by atoms with Crippen molar-refractivity contribution in [3.63, 3.8) is 0 Å². The van der Waals surface area contributed by atoms with Crippen molar-refractivity contribution in [1.82, 2.24) is 4.57 Å². The van der Waals surface area contributed by atoms with Crippen LogP contribution in [0.1, 0.15) is 31.7 Å². The van der Waals surface area contributed by atoms with Crippen molar-refractivity contribution in [3.8, 4) is 0 Å². The molecule has 0 bridgehead atoms. The van der Waals surface area contributed by atoms with E-state index in [1.165, 1.54) is 5.69 Å². The van der Waals surface area contributed by atoms with Gasteiger partial charge in [-0.2, -0.15) is 0 Å². The van der Waals surface area contributed by atoms with E-state index in [0.717, 1.165) is 25.1 Å². The number of aromatic nitrogens is 1. The number of hydrogen-bond donors (Lipinski definition) is 1. The lowest BCUT2D eigenvalue weighted by molar-refractivity contribution is 0.270. The molecule has 0 unspecified atom stereocenters. The Kier molecular flexibility index (Phi) is 3.35. The minimum Gasteiger partial charge on any atom is -0.390 e. The van der Waals surface area contributed by atoms with E-state index in [9.17, 15) is 0 Å². The van der Waals surface area contributed by atoms with Gasteiger partial charge in [-0.3, -0.25) is 0 Å². The lowest BCUT2D eigenvalue weighted by atomic mass is 10.3. The summed E-state index contributed by atoms with van der Waals surface area (Å²) < 4.78 is 2.21. The van der Waals surface area contributed by atoms with Crippen LogP contribution >= 0.6 is 0 Å². The molecule has 1 heterocycles. The summed E-state index contributed by atoms with van der Waals surface area (Å²) in [5.41, 5.74) is 2.36. The monoisotopic (exact) mass is 167 g/mol. The van der Waals surface area contributed by atoms with Gasteiger partial charge >= 0.3 is 0 Å². The summed E-state index contributed by atoms with van der Waals surface area (Å²) in [4.78, 5) is 0. The van der Waals surface area contributed by atoms with Crippen molar-refractivity contribution < 1.29 is 5.11 Å². The van der Waals surface area contributed by atoms with Gasteiger partial charge in [-0.05, 0) is 25.0 Å². The smallest absolute Gasteiger partial charge is 0.0832 e. The second kappa shape index (κ2) is 4.31. The van der Waals surface area contributed by atoms with Gasteiger partial charge in [-0.25, -0.2) is 0 Å². The molecule has 1 N–H and O–H groups in total. The van der Waals surface area contributed by atoms with Gasteiger partial charge in [0, 0.05) is 17.9 Å². The number of aliphatic hydroxyl groups excluding tert-OH is 1. The molecule has 1 rings (SSSR count). The number of aliphatic hydroxyl groups is 1. The fourth-order valence-corrected chi connectivity index (χ4v) is 1.51. The van der Waals surface area contributed by atoms with Gasteiger partial charge in [0.1, 0.15) is 0 Å². The molecule has 0 aliphatic heterocycles. The fourth-order valence-electron chi connectivity index (χ4n) is 1.51. The molecule has 12 heavy (non-hydrogen) atoms. The van der Waals surface area contributed by atoms with Crippen LogP contribution in [-0.2, 0) is 19.6 Å². The third-order valence-electron chi connectivity index (χ3n) is 2.13. The third kappa shape index (κ3) is 1.69. The molecule has 1 aromatic rings. The quantitative estimate of drug-likeness (QED) is 0.728. The molecule has 68 valence electrons. The summed E-state index contributed by atoms with van der Waals surface area (Å²) in [7, 11) is 0. The van der Waals surface area contributed by atoms with Crippen LogP contribution in [0.2, 0.25) is 0 Å². The van der Waals surface area contributed by atoms with Gasteiger partial charge in [0.05, 0.1) is 6.61 Å². The predicted molar refractivity (Wildman–Crippen MR) is 50.0 cm³/mol. The lowest BCUT2D eigenvalue weighted by Gasteiger charge is -2.09. The Hall–Kier alpha value is -0.760. The molecule has 2 nitrogen and oxygen atoms in total. The van der Waals surface area contributed by atoms with Crippen molar-refractivity contribution in [3.05, 3.63) is 23.5 Å². The minimum atomic E-state index is 0.153. The molecule has 0 atom stereocenters. The molecule has 0 fully saturated rings. The Morgan fingerprint density at radius 2 is 1.92 bits per heavy atom. The maximum absolute atomic E-state index is 9.03. The van der Waals surface area contributed by atoms with E-state index in [4.69, 9.17) is 5.11 Å². The number of aryl methyl sites for hydroxylation is 1. The van der Waals surface area contributed by atoms with Gasteiger partial charge < -0.3 is 9.67 Å². The Morgan fingerprint density at radius 3 is 2.42 bits per heavy atom. The highest BCUT2D eigenvalue weighted by Gasteiger charge is 2.03. The van der Waals surface area contributed by atoms with E-state index < -0.39 is 0 Å². The van der Waals surface area contributed by atoms with E-state index in [1.54, 1.807) is 0 Å². The van der Waals surface area contributed by atoms with Crippen molar-refractivity contribution in [2.24, 2.45) is 0 Å². The average Bonchev–Trinajstić information content (AvgIpc) is 2.48. The topological polar surface area (TPSA) is 25.2 Å². The maximum atomic E-state index is 9.03. The summed E-state index contributed by atoms with van der Waals surface area (Å²) in [5, 5.41) is 9.03. The van der Waals surface area contributed by atoms with Crippen LogP contribution in [-0.4, -0.2) is 9.67 Å². The first-order chi connectivity index (χ1) is 5.83. The minimum absolute atomic E-state index is 0.153. The van der Waals surface area contributed by atoms with Crippen LogP contribution < -0.4 is 0 Å². The van der Waals surface area contributed by atoms with E-state index in [1.807, 2.05) is 6.07 Å². The fraction of sp³-hybridized carbons (Fsp3) is 0.600. The highest BCUT2D eigenvalue weighted by Crippen LogP contribution is 2.10. The second-order valence-electron chi connectivity index (χ2n) is 2.98. The first-order valence-corrected chi connectivity index (χ1v) is 4.61. The molecule has 0 spiro atoms. The Balaban J connectivity index is 2.90. The summed E-state index contributed by atoms with van der Waals surface area (Å²) in [6.45, 7) is 5.47. The highest BCUT2D eigenvalue weighted by molar-refractivity contribution is 5.15. The normalized spacial score (nSPS) is 10.6. The van der Waals surface area contributed by atoms with Crippen LogP contribution in [0.5, 0.6) is 0 Å². The zero-order valence-corrected chi connectivity index (χ0v) is 7.88. The van der Waals surface area contributed by atoms with Crippen LogP contribution in [0, 0.1) is 0 Å². The summed E-state index contributed by atoms with van der Waals surface area (Å²) >= 11 is 0. The molecular weight excluding hydrogens is 150 g/mol. The molecule has 0 aromatic carbocycles. The van der Waals surface area contributed by atoms with Gasteiger partial charge in [-0.15, -0.1) is 0 Å². The first kappa shape index (κ1) is 9.33. The van der Waals surface area contributed by atoms with E-state index in [0.29, 0.717) is 0 Å². The van der Waals surface area contributed by atoms with Crippen molar-refractivity contribution in [2.45, 2.75) is 39.8 Å². The number of rotatable bonds is 4. The zero-order chi connectivity index (χ0) is 8.97. The van der Waals surface area contributed by atoms with E-state index in [-0.39, 0.29) is 6.61 Å². The SMILES string of the molecule is CCCn1c(CC)ccc1CO. The first-order valence-electron chi connectivity index (χ1n) is 4.61. The average molecular weight is 167 g/mol. The molecule has 1 aromatic heterocycles. The Labute approximate surface area is 73.8 Å². The molecule has 0 aliphatic rings. The molecule has 0 aliphatic carbocycles. The second-order valence-corrected chi connectivity index (χ2v) is 2.98. The third-order valence-corrected chi connectivity index (χ3v) is 2.13. The number of nitrogens with zero attached hydrogens (tertiary/aromatic N) is 1. The highest BCUT2D eigenvalue weighted by atomic mass is 16.3. The van der Waals surface area contributed by atoms with Gasteiger partial charge in [0.15, 0.2) is 0 Å². The van der Waals surface area contributed by atoms with E-state index >= 15 is 0 Å². The molecule has 0 amide bonds. The Bertz CT molecular complexity index is 218. The summed E-state index contributed by atoms with van der Waals surface area (Å²) in [6, 6.07) is 4.11. The van der Waals surface area contributed by atoms with Crippen LogP contribution in [0.15, 0.2) is 12.1 Å². The van der Waals surface area contributed by atoms with Crippen LogP contribution in [0.25, 0.3) is 0 Å². The predicted octanol–water partition coefficient (Wildman–Crippen LogP) is 1.95. The molecular formula is C10H17NO. The summed E-state index contributed by atoms with van der Waals surface area (Å²) in [6.07, 6.45) is 2.16. The zero-order valence-electron chi connectivity index (χ0n) is 7.88. The Morgan fingerprint density at radius 1 is 1.25 bits per heavy atom.